The molecule has 2 aliphatic rings. The number of ether oxygens (including phenoxy) is 2. The lowest BCUT2D eigenvalue weighted by Crippen LogP contribution is -2.45. The number of hydrogen-bond donors (Lipinski definition) is 0. The molecule has 1 aliphatic heterocycles. The van der Waals surface area contributed by atoms with Crippen LogP contribution >= 0.6 is 0 Å². The lowest BCUT2D eigenvalue weighted by atomic mass is 9.93. The fraction of sp³-hybridized carbons (Fsp3) is 0.115. The molecule has 2 amide bonds. The third kappa shape index (κ3) is 3.80. The van der Waals surface area contributed by atoms with Crippen LogP contribution in [-0.2, 0) is 14.3 Å². The van der Waals surface area contributed by atoms with Crippen molar-refractivity contribution in [1.82, 2.24) is 4.90 Å². The summed E-state index contributed by atoms with van der Waals surface area (Å²) in [7, 11) is 0. The molecule has 0 bridgehead atoms. The number of nitrogens with zero attached hydrogens (tertiary/aromatic N) is 1. The Bertz CT molecular complexity index is 1500. The van der Waals surface area contributed by atoms with Gasteiger partial charge in [0.25, 0.3) is 5.91 Å². The molecule has 0 aromatic heterocycles. The maximum Gasteiger partial charge on any atom is 0.417 e. The van der Waals surface area contributed by atoms with Crippen molar-refractivity contribution in [3.63, 3.8) is 0 Å². The summed E-state index contributed by atoms with van der Waals surface area (Å²) < 4.78 is 92.4. The molecule has 0 unspecified atom stereocenters. The quantitative estimate of drug-likeness (QED) is 0.112. The SMILES string of the molecule is O=C1OC[C@H](c2ccccc2)N1C(=O)[C@@]1(C(=O)Oc2c(F)c(F)c(F)c(F)c2F)C=C1c1ccc(F)cc1. The van der Waals surface area contributed by atoms with Crippen molar-refractivity contribution in [3.8, 4) is 5.75 Å². The molecule has 1 heterocycles. The first-order chi connectivity index (χ1) is 18.1. The Labute approximate surface area is 209 Å². The van der Waals surface area contributed by atoms with E-state index in [0.29, 0.717) is 10.5 Å². The van der Waals surface area contributed by atoms with Gasteiger partial charge in [-0.1, -0.05) is 42.5 Å². The molecule has 2 atom stereocenters. The molecule has 1 saturated heterocycles. The second-order valence-electron chi connectivity index (χ2n) is 8.34. The number of amides is 2. The molecule has 0 saturated carbocycles. The number of hydrogen-bond acceptors (Lipinski definition) is 5. The number of halogens is 6. The highest BCUT2D eigenvalue weighted by atomic mass is 19.2. The Morgan fingerprint density at radius 3 is 2.03 bits per heavy atom. The summed E-state index contributed by atoms with van der Waals surface area (Å²) in [4.78, 5) is 40.2. The summed E-state index contributed by atoms with van der Waals surface area (Å²) in [5.74, 6) is -17.7. The van der Waals surface area contributed by atoms with E-state index in [1.807, 2.05) is 0 Å². The van der Waals surface area contributed by atoms with Crippen molar-refractivity contribution in [2.75, 3.05) is 6.61 Å². The van der Waals surface area contributed by atoms with Gasteiger partial charge in [0.2, 0.25) is 34.8 Å². The van der Waals surface area contributed by atoms with E-state index in [2.05, 4.69) is 4.74 Å². The topological polar surface area (TPSA) is 72.9 Å². The van der Waals surface area contributed by atoms with Gasteiger partial charge in [0.15, 0.2) is 5.41 Å². The van der Waals surface area contributed by atoms with Gasteiger partial charge in [-0.05, 0) is 34.9 Å². The predicted octanol–water partition coefficient (Wildman–Crippen LogP) is 5.23. The largest absolute Gasteiger partial charge is 0.446 e. The van der Waals surface area contributed by atoms with Crippen LogP contribution in [-0.4, -0.2) is 29.5 Å². The number of benzene rings is 3. The van der Waals surface area contributed by atoms with Gasteiger partial charge < -0.3 is 9.47 Å². The molecule has 0 spiro atoms. The van der Waals surface area contributed by atoms with E-state index >= 15 is 0 Å². The van der Waals surface area contributed by atoms with E-state index in [4.69, 9.17) is 4.74 Å². The first-order valence-electron chi connectivity index (χ1n) is 10.9. The Morgan fingerprint density at radius 2 is 1.42 bits per heavy atom. The first-order valence-corrected chi connectivity index (χ1v) is 10.9. The van der Waals surface area contributed by atoms with Crippen molar-refractivity contribution < 1.29 is 50.2 Å². The zero-order chi connectivity index (χ0) is 27.4. The van der Waals surface area contributed by atoms with Gasteiger partial charge >= 0.3 is 12.1 Å². The molecule has 1 fully saturated rings. The molecule has 6 nitrogen and oxygen atoms in total. The average Bonchev–Trinajstić information content (AvgIpc) is 3.57. The maximum absolute atomic E-state index is 14.3. The lowest BCUT2D eigenvalue weighted by molar-refractivity contribution is -0.148. The average molecular weight is 533 g/mol. The first kappa shape index (κ1) is 25.1. The molecule has 3 aromatic carbocycles. The highest BCUT2D eigenvalue weighted by Crippen LogP contribution is 2.54. The number of carbonyl (C=O) groups is 3. The number of carbonyl (C=O) groups excluding carboxylic acids is 3. The number of imide groups is 1. The molecule has 38 heavy (non-hydrogen) atoms. The molecular formula is C26H13F6NO5. The summed E-state index contributed by atoms with van der Waals surface area (Å²) >= 11 is 0. The summed E-state index contributed by atoms with van der Waals surface area (Å²) in [5.41, 5.74) is -2.13. The third-order valence-electron chi connectivity index (χ3n) is 6.16. The van der Waals surface area contributed by atoms with Gasteiger partial charge in [0.05, 0.1) is 0 Å². The Hall–Kier alpha value is -4.61. The summed E-state index contributed by atoms with van der Waals surface area (Å²) in [5, 5.41) is 0. The van der Waals surface area contributed by atoms with Crippen molar-refractivity contribution in [1.29, 1.82) is 0 Å². The zero-order valence-corrected chi connectivity index (χ0v) is 18.8. The normalized spacial score (nSPS) is 20.2. The second kappa shape index (κ2) is 9.05. The van der Waals surface area contributed by atoms with Crippen LogP contribution in [0.3, 0.4) is 0 Å². The van der Waals surface area contributed by atoms with E-state index in [1.54, 1.807) is 30.3 Å². The van der Waals surface area contributed by atoms with Crippen LogP contribution in [0.5, 0.6) is 5.75 Å². The minimum absolute atomic E-state index is 0.0953. The number of rotatable bonds is 5. The molecule has 3 aromatic rings. The van der Waals surface area contributed by atoms with Crippen molar-refractivity contribution in [3.05, 3.63) is 107 Å². The zero-order valence-electron chi connectivity index (χ0n) is 18.8. The van der Waals surface area contributed by atoms with E-state index in [0.717, 1.165) is 18.2 Å². The molecular weight excluding hydrogens is 520 g/mol. The van der Waals surface area contributed by atoms with Crippen LogP contribution in [0.4, 0.5) is 31.1 Å². The van der Waals surface area contributed by atoms with Crippen molar-refractivity contribution >= 4 is 23.5 Å². The Kier molecular flexibility index (Phi) is 5.97. The lowest BCUT2D eigenvalue weighted by Gasteiger charge is -2.25. The second-order valence-corrected chi connectivity index (χ2v) is 8.34. The van der Waals surface area contributed by atoms with Gasteiger partial charge in [-0.2, -0.15) is 8.78 Å². The summed E-state index contributed by atoms with van der Waals surface area (Å²) in [6.07, 6.45) is -0.170. The van der Waals surface area contributed by atoms with Gasteiger partial charge in [-0.3, -0.25) is 4.79 Å². The molecule has 1 aliphatic carbocycles. The maximum atomic E-state index is 14.3. The van der Waals surface area contributed by atoms with E-state index < -0.39 is 70.1 Å². The molecule has 194 valence electrons. The van der Waals surface area contributed by atoms with E-state index in [9.17, 15) is 40.7 Å². The van der Waals surface area contributed by atoms with Crippen LogP contribution in [0.1, 0.15) is 17.2 Å². The van der Waals surface area contributed by atoms with E-state index in [-0.39, 0.29) is 17.7 Å². The van der Waals surface area contributed by atoms with Crippen LogP contribution < -0.4 is 4.74 Å². The minimum Gasteiger partial charge on any atom is -0.446 e. The summed E-state index contributed by atoms with van der Waals surface area (Å²) in [6.45, 7) is -0.288. The molecule has 0 N–H and O–H groups in total. The standard InChI is InChI=1S/C26H13F6NO5/c27-14-8-6-12(7-9-14)15-10-26(15,24(35)38-22-20(31)18(29)17(28)19(30)21(22)32)23(34)33-16(11-37-25(33)36)13-4-2-1-3-5-13/h1-10,16H,11H2/t16-,26-/m1/s1. The third-order valence-corrected chi connectivity index (χ3v) is 6.16. The van der Waals surface area contributed by atoms with E-state index in [1.165, 1.54) is 12.1 Å². The van der Waals surface area contributed by atoms with Crippen LogP contribution in [0, 0.1) is 40.3 Å². The monoisotopic (exact) mass is 533 g/mol. The van der Waals surface area contributed by atoms with Crippen molar-refractivity contribution in [2.24, 2.45) is 5.41 Å². The van der Waals surface area contributed by atoms with Crippen molar-refractivity contribution in [2.45, 2.75) is 6.04 Å². The molecule has 0 radical (unpaired) electrons. The fourth-order valence-electron chi connectivity index (χ4n) is 4.16. The fourth-order valence-corrected chi connectivity index (χ4v) is 4.16. The smallest absolute Gasteiger partial charge is 0.417 e. The summed E-state index contributed by atoms with van der Waals surface area (Å²) in [6, 6.07) is 11.4. The highest BCUT2D eigenvalue weighted by molar-refractivity contribution is 6.26. The molecule has 12 heteroatoms. The predicted molar refractivity (Wildman–Crippen MR) is 116 cm³/mol. The number of esters is 1. The van der Waals surface area contributed by atoms with Crippen LogP contribution in [0.2, 0.25) is 0 Å². The molecule has 5 rings (SSSR count). The van der Waals surface area contributed by atoms with Gasteiger partial charge in [-0.15, -0.1) is 0 Å². The number of cyclic esters (lactones) is 1. The minimum atomic E-state index is -2.52. The van der Waals surface area contributed by atoms with Crippen LogP contribution in [0.25, 0.3) is 5.57 Å². The Morgan fingerprint density at radius 1 is 0.842 bits per heavy atom. The Balaban J connectivity index is 1.57. The highest BCUT2D eigenvalue weighted by Gasteiger charge is 2.64. The van der Waals surface area contributed by atoms with Gasteiger partial charge in [0.1, 0.15) is 18.5 Å². The van der Waals surface area contributed by atoms with Gasteiger partial charge in [-0.25, -0.2) is 32.1 Å². The van der Waals surface area contributed by atoms with Crippen LogP contribution in [0.15, 0.2) is 60.7 Å². The van der Waals surface area contributed by atoms with Gasteiger partial charge in [0, 0.05) is 0 Å².